The molecule has 0 saturated carbocycles. The fraction of sp³-hybridized carbons (Fsp3) is 0.444. The van der Waals surface area contributed by atoms with Crippen LogP contribution in [-0.4, -0.2) is 22.5 Å². The van der Waals surface area contributed by atoms with Crippen molar-refractivity contribution in [3.63, 3.8) is 0 Å². The minimum atomic E-state index is 0.227. The van der Waals surface area contributed by atoms with Gasteiger partial charge in [0.05, 0.1) is 6.61 Å². The highest BCUT2D eigenvalue weighted by molar-refractivity contribution is 8.76. The Labute approximate surface area is 87.6 Å². The van der Waals surface area contributed by atoms with Gasteiger partial charge in [-0.1, -0.05) is 30.7 Å². The second-order valence-electron chi connectivity index (χ2n) is 1.80. The molecule has 0 spiro atoms. The number of hydrogen-bond donors (Lipinski definition) is 1. The molecule has 1 aromatic rings. The molecule has 74 valence electrons. The van der Waals surface area contributed by atoms with E-state index < -0.39 is 0 Å². The summed E-state index contributed by atoms with van der Waals surface area (Å²) in [5.41, 5.74) is 0. The van der Waals surface area contributed by atoms with Crippen molar-refractivity contribution in [3.8, 4) is 0 Å². The van der Waals surface area contributed by atoms with Gasteiger partial charge in [0, 0.05) is 11.9 Å². The second kappa shape index (κ2) is 9.89. The van der Waals surface area contributed by atoms with Crippen LogP contribution in [-0.2, 0) is 0 Å². The van der Waals surface area contributed by atoms with E-state index in [1.165, 1.54) is 0 Å². The van der Waals surface area contributed by atoms with Crippen LogP contribution >= 0.6 is 21.6 Å². The molecule has 0 aliphatic heterocycles. The van der Waals surface area contributed by atoms with Crippen molar-refractivity contribution < 1.29 is 5.11 Å². The lowest BCUT2D eigenvalue weighted by Crippen LogP contribution is -1.82. The summed E-state index contributed by atoms with van der Waals surface area (Å²) in [6.07, 6.45) is 1.77. The molecule has 0 radical (unpaired) electrons. The smallest absolute Gasteiger partial charge is 0.106 e. The molecule has 0 atom stereocenters. The molecule has 1 rings (SSSR count). The molecule has 4 heteroatoms. The molecular weight excluding hydrogens is 202 g/mol. The Morgan fingerprint density at radius 1 is 1.38 bits per heavy atom. The Hall–Kier alpha value is -0.190. The van der Waals surface area contributed by atoms with Crippen LogP contribution in [0.15, 0.2) is 29.4 Å². The molecule has 0 unspecified atom stereocenters. The lowest BCUT2D eigenvalue weighted by Gasteiger charge is -1.95. The fourth-order valence-corrected chi connectivity index (χ4v) is 2.18. The maximum Gasteiger partial charge on any atom is 0.106 e. The minimum Gasteiger partial charge on any atom is -0.395 e. The van der Waals surface area contributed by atoms with Crippen molar-refractivity contribution in [2.45, 2.75) is 18.9 Å². The van der Waals surface area contributed by atoms with Gasteiger partial charge >= 0.3 is 0 Å². The van der Waals surface area contributed by atoms with Crippen LogP contribution < -0.4 is 0 Å². The highest BCUT2D eigenvalue weighted by atomic mass is 33.1. The van der Waals surface area contributed by atoms with Crippen LogP contribution in [0, 0.1) is 0 Å². The summed E-state index contributed by atoms with van der Waals surface area (Å²) < 4.78 is 0. The molecule has 1 N–H and O–H groups in total. The van der Waals surface area contributed by atoms with E-state index in [1.54, 1.807) is 27.8 Å². The van der Waals surface area contributed by atoms with Crippen LogP contribution in [0.1, 0.15) is 13.8 Å². The van der Waals surface area contributed by atoms with Gasteiger partial charge in [-0.25, -0.2) is 4.98 Å². The van der Waals surface area contributed by atoms with E-state index in [0.29, 0.717) is 0 Å². The zero-order valence-electron chi connectivity index (χ0n) is 7.93. The fourth-order valence-electron chi connectivity index (χ4n) is 0.536. The summed E-state index contributed by atoms with van der Waals surface area (Å²) in [6.45, 7) is 4.23. The molecular formula is C9H15NOS2. The number of rotatable bonds is 4. The Morgan fingerprint density at radius 2 is 2.15 bits per heavy atom. The van der Waals surface area contributed by atoms with Crippen molar-refractivity contribution >= 4 is 21.6 Å². The number of nitrogens with zero attached hydrogens (tertiary/aromatic N) is 1. The van der Waals surface area contributed by atoms with Crippen LogP contribution in [0.4, 0.5) is 0 Å². The van der Waals surface area contributed by atoms with Crippen molar-refractivity contribution in [1.82, 2.24) is 4.98 Å². The molecule has 13 heavy (non-hydrogen) atoms. The lowest BCUT2D eigenvalue weighted by atomic mass is 10.5. The average Bonchev–Trinajstić information content (AvgIpc) is 2.23. The van der Waals surface area contributed by atoms with E-state index in [2.05, 4.69) is 4.98 Å². The Bertz CT molecular complexity index is 194. The number of aromatic nitrogens is 1. The summed E-state index contributed by atoms with van der Waals surface area (Å²) in [7, 11) is 3.20. The Morgan fingerprint density at radius 3 is 2.69 bits per heavy atom. The van der Waals surface area contributed by atoms with Crippen LogP contribution in [0.5, 0.6) is 0 Å². The van der Waals surface area contributed by atoms with E-state index in [4.69, 9.17) is 5.11 Å². The first kappa shape index (κ1) is 12.8. The zero-order chi connectivity index (χ0) is 9.94. The van der Waals surface area contributed by atoms with E-state index in [-0.39, 0.29) is 6.61 Å². The van der Waals surface area contributed by atoms with Gasteiger partial charge < -0.3 is 5.11 Å². The van der Waals surface area contributed by atoms with Gasteiger partial charge in [0.25, 0.3) is 0 Å². The monoisotopic (exact) mass is 217 g/mol. The SMILES string of the molecule is CC.OCCSSc1ccccn1. The molecule has 0 bridgehead atoms. The average molecular weight is 217 g/mol. The number of aliphatic hydroxyl groups is 1. The molecule has 0 amide bonds. The maximum atomic E-state index is 8.49. The van der Waals surface area contributed by atoms with E-state index in [9.17, 15) is 0 Å². The van der Waals surface area contributed by atoms with Gasteiger partial charge in [0.2, 0.25) is 0 Å². The molecule has 2 nitrogen and oxygen atoms in total. The molecule has 0 saturated heterocycles. The zero-order valence-corrected chi connectivity index (χ0v) is 9.57. The van der Waals surface area contributed by atoms with Gasteiger partial charge in [-0.05, 0) is 22.9 Å². The van der Waals surface area contributed by atoms with Crippen molar-refractivity contribution in [1.29, 1.82) is 0 Å². The van der Waals surface area contributed by atoms with E-state index >= 15 is 0 Å². The summed E-state index contributed by atoms with van der Waals surface area (Å²) in [6, 6.07) is 5.80. The molecule has 1 heterocycles. The predicted molar refractivity (Wildman–Crippen MR) is 61.0 cm³/mol. The first-order chi connectivity index (χ1) is 6.43. The number of pyridine rings is 1. The summed E-state index contributed by atoms with van der Waals surface area (Å²) in [4.78, 5) is 4.11. The van der Waals surface area contributed by atoms with Gasteiger partial charge in [-0.3, -0.25) is 0 Å². The summed E-state index contributed by atoms with van der Waals surface area (Å²) in [5.74, 6) is 0.751. The second-order valence-corrected chi connectivity index (χ2v) is 4.23. The highest BCUT2D eigenvalue weighted by Crippen LogP contribution is 2.27. The van der Waals surface area contributed by atoms with E-state index in [1.807, 2.05) is 32.0 Å². The number of hydrogen-bond acceptors (Lipinski definition) is 4. The van der Waals surface area contributed by atoms with Gasteiger partial charge in [0.1, 0.15) is 5.03 Å². The first-order valence-corrected chi connectivity index (χ1v) is 6.57. The van der Waals surface area contributed by atoms with Crippen molar-refractivity contribution in [2.75, 3.05) is 12.4 Å². The Balaban J connectivity index is 0.000000671. The molecule has 1 aromatic heterocycles. The van der Waals surface area contributed by atoms with Gasteiger partial charge in [0.15, 0.2) is 0 Å². The lowest BCUT2D eigenvalue weighted by molar-refractivity contribution is 0.323. The standard InChI is InChI=1S/C7H9NOS2.C2H6/c9-5-6-10-11-7-3-1-2-4-8-7;1-2/h1-4,9H,5-6H2;1-2H3. The first-order valence-electron chi connectivity index (χ1n) is 4.25. The third-order valence-electron chi connectivity index (χ3n) is 0.957. The minimum absolute atomic E-state index is 0.227. The molecule has 0 fully saturated rings. The van der Waals surface area contributed by atoms with Crippen LogP contribution in [0.25, 0.3) is 0 Å². The Kier molecular flexibility index (Phi) is 9.75. The third kappa shape index (κ3) is 6.93. The molecule has 0 aliphatic carbocycles. The topological polar surface area (TPSA) is 33.1 Å². The van der Waals surface area contributed by atoms with Gasteiger partial charge in [-0.2, -0.15) is 0 Å². The molecule has 0 aromatic carbocycles. The predicted octanol–water partition coefficient (Wildman–Crippen LogP) is 2.84. The highest BCUT2D eigenvalue weighted by Gasteiger charge is 1.92. The maximum absolute atomic E-state index is 8.49. The summed E-state index contributed by atoms with van der Waals surface area (Å²) >= 11 is 0. The van der Waals surface area contributed by atoms with Crippen LogP contribution in [0.3, 0.4) is 0 Å². The summed E-state index contributed by atoms with van der Waals surface area (Å²) in [5, 5.41) is 9.48. The third-order valence-corrected chi connectivity index (χ3v) is 3.20. The normalized spacial score (nSPS) is 8.85. The molecule has 0 aliphatic rings. The van der Waals surface area contributed by atoms with Crippen LogP contribution in [0.2, 0.25) is 0 Å². The largest absolute Gasteiger partial charge is 0.395 e. The van der Waals surface area contributed by atoms with Crippen molar-refractivity contribution in [2.24, 2.45) is 0 Å². The quantitative estimate of drug-likeness (QED) is 0.621. The number of aliphatic hydroxyl groups excluding tert-OH is 1. The van der Waals surface area contributed by atoms with Crippen molar-refractivity contribution in [3.05, 3.63) is 24.4 Å². The van der Waals surface area contributed by atoms with E-state index in [0.717, 1.165) is 10.8 Å². The van der Waals surface area contributed by atoms with Gasteiger partial charge in [-0.15, -0.1) is 0 Å².